The van der Waals surface area contributed by atoms with Crippen molar-refractivity contribution in [3.63, 3.8) is 0 Å². The molecule has 2 amide bonds. The van der Waals surface area contributed by atoms with Gasteiger partial charge in [-0.15, -0.1) is 11.8 Å². The van der Waals surface area contributed by atoms with Crippen LogP contribution in [0.1, 0.15) is 44.7 Å². The van der Waals surface area contributed by atoms with Gasteiger partial charge in [0.05, 0.1) is 15.8 Å². The summed E-state index contributed by atoms with van der Waals surface area (Å²) in [6, 6.07) is 12.8. The van der Waals surface area contributed by atoms with Crippen LogP contribution < -0.4 is 5.32 Å². The summed E-state index contributed by atoms with van der Waals surface area (Å²) >= 11 is 13.7. The van der Waals surface area contributed by atoms with Gasteiger partial charge in [0.25, 0.3) is 0 Å². The first kappa shape index (κ1) is 25.6. The Labute approximate surface area is 199 Å². The molecule has 0 fully saturated rings. The molecule has 0 aromatic heterocycles. The van der Waals surface area contributed by atoms with Crippen LogP contribution in [0.3, 0.4) is 0 Å². The number of nitrogens with one attached hydrogen (secondary N) is 1. The van der Waals surface area contributed by atoms with Crippen molar-refractivity contribution in [2.24, 2.45) is 0 Å². The Morgan fingerprint density at radius 1 is 1.03 bits per heavy atom. The third-order valence-corrected chi connectivity index (χ3v) is 6.84. The molecule has 0 heterocycles. The van der Waals surface area contributed by atoms with E-state index >= 15 is 0 Å². The Bertz CT molecular complexity index is 890. The number of amides is 2. The maximum absolute atomic E-state index is 13.3. The van der Waals surface area contributed by atoms with Crippen LogP contribution in [0.5, 0.6) is 0 Å². The van der Waals surface area contributed by atoms with Gasteiger partial charge in [0.15, 0.2) is 0 Å². The van der Waals surface area contributed by atoms with Crippen molar-refractivity contribution < 1.29 is 9.59 Å². The van der Waals surface area contributed by atoms with E-state index in [9.17, 15) is 9.59 Å². The fourth-order valence-electron chi connectivity index (χ4n) is 3.06. The summed E-state index contributed by atoms with van der Waals surface area (Å²) in [4.78, 5) is 28.9. The first-order valence-electron chi connectivity index (χ1n) is 10.5. The third-order valence-electron chi connectivity index (χ3n) is 5.11. The van der Waals surface area contributed by atoms with Crippen LogP contribution in [0, 0.1) is 6.92 Å². The van der Waals surface area contributed by atoms with Gasteiger partial charge in [0, 0.05) is 17.5 Å². The van der Waals surface area contributed by atoms with Gasteiger partial charge < -0.3 is 10.2 Å². The van der Waals surface area contributed by atoms with Crippen molar-refractivity contribution in [2.45, 2.75) is 64.1 Å². The number of thioether (sulfide) groups is 1. The molecule has 0 unspecified atom stereocenters. The lowest BCUT2D eigenvalue weighted by molar-refractivity contribution is -0.139. The zero-order chi connectivity index (χ0) is 23.0. The Hall–Kier alpha value is -1.69. The minimum atomic E-state index is -0.561. The summed E-state index contributed by atoms with van der Waals surface area (Å²) in [6.45, 7) is 8.21. The minimum Gasteiger partial charge on any atom is -0.352 e. The van der Waals surface area contributed by atoms with Gasteiger partial charge in [0.2, 0.25) is 11.8 Å². The number of hydrogen-bond donors (Lipinski definition) is 1. The molecular weight excluding hydrogens is 451 g/mol. The van der Waals surface area contributed by atoms with E-state index < -0.39 is 6.04 Å². The molecule has 31 heavy (non-hydrogen) atoms. The zero-order valence-electron chi connectivity index (χ0n) is 18.5. The number of hydrogen-bond acceptors (Lipinski definition) is 3. The number of aryl methyl sites for hydroxylation is 1. The van der Waals surface area contributed by atoms with E-state index in [2.05, 4.69) is 5.32 Å². The van der Waals surface area contributed by atoms with E-state index in [1.165, 1.54) is 17.3 Å². The van der Waals surface area contributed by atoms with E-state index in [0.717, 1.165) is 16.9 Å². The smallest absolute Gasteiger partial charge is 0.243 e. The van der Waals surface area contributed by atoms with E-state index in [4.69, 9.17) is 23.2 Å². The van der Waals surface area contributed by atoms with Gasteiger partial charge in [-0.25, -0.2) is 0 Å². The number of rotatable bonds is 10. The van der Waals surface area contributed by atoms with Crippen LogP contribution in [0.4, 0.5) is 0 Å². The number of benzene rings is 2. The highest BCUT2D eigenvalue weighted by Crippen LogP contribution is 2.25. The highest BCUT2D eigenvalue weighted by molar-refractivity contribution is 8.00. The molecule has 168 valence electrons. The summed E-state index contributed by atoms with van der Waals surface area (Å²) in [5.74, 6) is 0.0192. The fourth-order valence-corrected chi connectivity index (χ4v) is 4.16. The minimum absolute atomic E-state index is 0.0467. The fraction of sp³-hybridized carbons (Fsp3) is 0.417. The predicted molar refractivity (Wildman–Crippen MR) is 131 cm³/mol. The molecule has 0 bridgehead atoms. The van der Waals surface area contributed by atoms with Crippen molar-refractivity contribution >= 4 is 46.8 Å². The predicted octanol–water partition coefficient (Wildman–Crippen LogP) is 6.12. The number of nitrogens with zero attached hydrogens (tertiary/aromatic N) is 1. The summed E-state index contributed by atoms with van der Waals surface area (Å²) in [6.07, 6.45) is 1.34. The summed E-state index contributed by atoms with van der Waals surface area (Å²) in [5, 5.41) is 3.90. The van der Waals surface area contributed by atoms with Crippen molar-refractivity contribution in [1.82, 2.24) is 10.2 Å². The van der Waals surface area contributed by atoms with Crippen LogP contribution in [0.25, 0.3) is 0 Å². The largest absolute Gasteiger partial charge is 0.352 e. The molecule has 1 N–H and O–H groups in total. The second-order valence-electron chi connectivity index (χ2n) is 7.61. The monoisotopic (exact) mass is 480 g/mol. The highest BCUT2D eigenvalue weighted by Gasteiger charge is 2.29. The summed E-state index contributed by atoms with van der Waals surface area (Å²) in [5.41, 5.74) is 2.00. The maximum Gasteiger partial charge on any atom is 0.243 e. The molecule has 0 spiro atoms. The maximum atomic E-state index is 13.3. The molecule has 7 heteroatoms. The van der Waals surface area contributed by atoms with E-state index in [-0.39, 0.29) is 30.2 Å². The Morgan fingerprint density at radius 2 is 1.71 bits per heavy atom. The van der Waals surface area contributed by atoms with Gasteiger partial charge >= 0.3 is 0 Å². The second-order valence-corrected chi connectivity index (χ2v) is 9.48. The van der Waals surface area contributed by atoms with Gasteiger partial charge in [-0.05, 0) is 56.5 Å². The van der Waals surface area contributed by atoms with Crippen LogP contribution in [0.15, 0.2) is 47.4 Å². The highest BCUT2D eigenvalue weighted by atomic mass is 35.5. The Morgan fingerprint density at radius 3 is 2.29 bits per heavy atom. The Kier molecular flexibility index (Phi) is 10.2. The van der Waals surface area contributed by atoms with E-state index in [0.29, 0.717) is 16.5 Å². The first-order valence-corrected chi connectivity index (χ1v) is 12.2. The molecule has 0 aliphatic rings. The topological polar surface area (TPSA) is 49.4 Å². The van der Waals surface area contributed by atoms with Gasteiger partial charge in [-0.2, -0.15) is 0 Å². The molecule has 4 nitrogen and oxygen atoms in total. The molecule has 0 saturated carbocycles. The normalized spacial score (nSPS) is 12.8. The lowest BCUT2D eigenvalue weighted by Gasteiger charge is -2.31. The molecule has 0 saturated heterocycles. The molecule has 2 atom stereocenters. The van der Waals surface area contributed by atoms with Crippen molar-refractivity contribution in [3.05, 3.63) is 63.6 Å². The van der Waals surface area contributed by atoms with Crippen molar-refractivity contribution in [2.75, 3.05) is 5.75 Å². The lowest BCUT2D eigenvalue weighted by atomic mass is 10.1. The molecule has 2 aromatic rings. The lowest BCUT2D eigenvalue weighted by Crippen LogP contribution is -2.51. The van der Waals surface area contributed by atoms with Crippen LogP contribution in [-0.2, 0) is 16.1 Å². The number of carbonyl (C=O) groups is 2. The molecule has 0 radical (unpaired) electrons. The molecule has 0 aliphatic carbocycles. The van der Waals surface area contributed by atoms with Crippen LogP contribution in [-0.4, -0.2) is 34.6 Å². The van der Waals surface area contributed by atoms with Gasteiger partial charge in [-0.1, -0.05) is 60.8 Å². The SMILES string of the molecule is CC[C@@H](C)NC(=O)[C@H](CC)N(Cc1ccc(Cl)c(Cl)c1)C(=O)CSc1ccc(C)cc1. The number of halogens is 2. The van der Waals surface area contributed by atoms with Crippen molar-refractivity contribution in [1.29, 1.82) is 0 Å². The molecular formula is C24H30Cl2N2O2S. The average molecular weight is 481 g/mol. The average Bonchev–Trinajstić information content (AvgIpc) is 2.75. The van der Waals surface area contributed by atoms with E-state index in [1.54, 1.807) is 17.0 Å². The molecule has 2 rings (SSSR count). The van der Waals surface area contributed by atoms with Crippen LogP contribution in [0.2, 0.25) is 10.0 Å². The quantitative estimate of drug-likeness (QED) is 0.416. The molecule has 2 aromatic carbocycles. The summed E-state index contributed by atoms with van der Waals surface area (Å²) in [7, 11) is 0. The zero-order valence-corrected chi connectivity index (χ0v) is 20.8. The Balaban J connectivity index is 2.23. The van der Waals surface area contributed by atoms with Gasteiger partial charge in [0.1, 0.15) is 6.04 Å². The second kappa shape index (κ2) is 12.4. The van der Waals surface area contributed by atoms with Crippen molar-refractivity contribution in [3.8, 4) is 0 Å². The number of carbonyl (C=O) groups excluding carboxylic acids is 2. The third kappa shape index (κ3) is 7.74. The summed E-state index contributed by atoms with van der Waals surface area (Å²) < 4.78 is 0. The van der Waals surface area contributed by atoms with Crippen LogP contribution >= 0.6 is 35.0 Å². The van der Waals surface area contributed by atoms with E-state index in [1.807, 2.05) is 58.0 Å². The molecule has 0 aliphatic heterocycles. The van der Waals surface area contributed by atoms with Gasteiger partial charge in [-0.3, -0.25) is 9.59 Å². The first-order chi connectivity index (χ1) is 14.7. The standard InChI is InChI=1S/C24H30Cl2N2O2S/c1-5-17(4)27-24(30)22(6-2)28(14-18-9-12-20(25)21(26)13-18)23(29)15-31-19-10-7-16(3)8-11-19/h7-13,17,22H,5-6,14-15H2,1-4H3,(H,27,30)/t17-,22+/m1/s1.